The Bertz CT molecular complexity index is 398. The molecule has 1 N–H and O–H groups in total. The Hall–Kier alpha value is -0.860. The van der Waals surface area contributed by atoms with Crippen LogP contribution in [0.2, 0.25) is 0 Å². The summed E-state index contributed by atoms with van der Waals surface area (Å²) in [5.74, 6) is 0.486. The van der Waals surface area contributed by atoms with Crippen LogP contribution in [0.3, 0.4) is 0 Å². The summed E-state index contributed by atoms with van der Waals surface area (Å²) in [5, 5.41) is 10.4. The third-order valence-corrected chi connectivity index (χ3v) is 4.20. The van der Waals surface area contributed by atoms with E-state index in [0.29, 0.717) is 12.0 Å². The molecular formula is C15H20O2. The first-order valence-corrected chi connectivity index (χ1v) is 6.68. The largest absolute Gasteiger partial charge is 0.386 e. The van der Waals surface area contributed by atoms with Crippen molar-refractivity contribution in [2.24, 2.45) is 0 Å². The van der Waals surface area contributed by atoms with Crippen LogP contribution in [-0.4, -0.2) is 17.3 Å². The zero-order valence-electron chi connectivity index (χ0n) is 10.3. The van der Waals surface area contributed by atoms with Gasteiger partial charge in [0.25, 0.3) is 0 Å². The predicted molar refractivity (Wildman–Crippen MR) is 66.9 cm³/mol. The molecule has 3 rings (SSSR count). The molecule has 0 bridgehead atoms. The first-order chi connectivity index (χ1) is 8.25. The maximum atomic E-state index is 10.4. The average molecular weight is 232 g/mol. The maximum Gasteiger partial charge on any atom is 0.105 e. The minimum atomic E-state index is -0.442. The van der Waals surface area contributed by atoms with Gasteiger partial charge in [-0.2, -0.15) is 0 Å². The van der Waals surface area contributed by atoms with Gasteiger partial charge in [0.2, 0.25) is 0 Å². The summed E-state index contributed by atoms with van der Waals surface area (Å²) in [6.45, 7) is 2.22. The highest BCUT2D eigenvalue weighted by Crippen LogP contribution is 2.40. The van der Waals surface area contributed by atoms with E-state index in [0.717, 1.165) is 12.0 Å². The zero-order valence-corrected chi connectivity index (χ0v) is 10.3. The van der Waals surface area contributed by atoms with Crippen LogP contribution in [-0.2, 0) is 4.74 Å². The highest BCUT2D eigenvalue weighted by Gasteiger charge is 2.34. The van der Waals surface area contributed by atoms with Crippen molar-refractivity contribution in [1.29, 1.82) is 0 Å². The summed E-state index contributed by atoms with van der Waals surface area (Å²) in [7, 11) is 0. The van der Waals surface area contributed by atoms with Gasteiger partial charge >= 0.3 is 0 Å². The van der Waals surface area contributed by atoms with Crippen molar-refractivity contribution in [2.75, 3.05) is 0 Å². The van der Waals surface area contributed by atoms with Crippen molar-refractivity contribution in [1.82, 2.24) is 0 Å². The van der Waals surface area contributed by atoms with Gasteiger partial charge in [0.05, 0.1) is 12.2 Å². The molecule has 1 saturated carbocycles. The van der Waals surface area contributed by atoms with Crippen molar-refractivity contribution in [3.63, 3.8) is 0 Å². The Kier molecular flexibility index (Phi) is 2.93. The molecule has 3 atom stereocenters. The number of ether oxygens (including phenoxy) is 1. The second-order valence-corrected chi connectivity index (χ2v) is 5.44. The molecule has 17 heavy (non-hydrogen) atoms. The van der Waals surface area contributed by atoms with Crippen LogP contribution in [0.1, 0.15) is 55.8 Å². The van der Waals surface area contributed by atoms with Crippen molar-refractivity contribution >= 4 is 0 Å². The summed E-state index contributed by atoms with van der Waals surface area (Å²) < 4.78 is 6.02. The third-order valence-electron chi connectivity index (χ3n) is 4.20. The van der Waals surface area contributed by atoms with Crippen LogP contribution in [0.15, 0.2) is 24.3 Å². The lowest BCUT2D eigenvalue weighted by Gasteiger charge is -2.38. The van der Waals surface area contributed by atoms with Gasteiger partial charge in [-0.05, 0) is 42.7 Å². The lowest BCUT2D eigenvalue weighted by Crippen LogP contribution is -2.35. The molecular weight excluding hydrogens is 212 g/mol. The maximum absolute atomic E-state index is 10.4. The van der Waals surface area contributed by atoms with Crippen LogP contribution >= 0.6 is 0 Å². The molecule has 0 spiro atoms. The highest BCUT2D eigenvalue weighted by atomic mass is 16.5. The van der Waals surface area contributed by atoms with Crippen LogP contribution in [0.5, 0.6) is 0 Å². The molecule has 0 aromatic heterocycles. The summed E-state index contributed by atoms with van der Waals surface area (Å²) in [6, 6.07) is 8.21. The standard InChI is InChI=1S/C15H20O2/c1-10-9-14(17-11-5-4-6-11)15(16)13-8-3-2-7-12(10)13/h2-3,7-8,10-11,14-16H,4-6,9H2,1H3. The van der Waals surface area contributed by atoms with E-state index >= 15 is 0 Å². The van der Waals surface area contributed by atoms with Crippen molar-refractivity contribution in [3.05, 3.63) is 35.4 Å². The molecule has 0 saturated heterocycles. The minimum absolute atomic E-state index is 0.00907. The monoisotopic (exact) mass is 232 g/mol. The normalized spacial score (nSPS) is 32.9. The molecule has 2 aliphatic carbocycles. The second kappa shape index (κ2) is 4.43. The smallest absolute Gasteiger partial charge is 0.105 e. The molecule has 1 fully saturated rings. The Morgan fingerprint density at radius 2 is 1.88 bits per heavy atom. The lowest BCUT2D eigenvalue weighted by atomic mass is 9.80. The van der Waals surface area contributed by atoms with E-state index in [1.54, 1.807) is 0 Å². The summed E-state index contributed by atoms with van der Waals surface area (Å²) in [4.78, 5) is 0. The number of fused-ring (bicyclic) bond motifs is 1. The number of benzene rings is 1. The molecule has 1 aromatic carbocycles. The minimum Gasteiger partial charge on any atom is -0.386 e. The van der Waals surface area contributed by atoms with Gasteiger partial charge in [-0.1, -0.05) is 31.2 Å². The van der Waals surface area contributed by atoms with Gasteiger partial charge in [0.15, 0.2) is 0 Å². The van der Waals surface area contributed by atoms with Gasteiger partial charge in [-0.25, -0.2) is 0 Å². The van der Waals surface area contributed by atoms with E-state index in [1.807, 2.05) is 12.1 Å². The van der Waals surface area contributed by atoms with E-state index in [4.69, 9.17) is 4.74 Å². The van der Waals surface area contributed by atoms with Crippen molar-refractivity contribution in [3.8, 4) is 0 Å². The third kappa shape index (κ3) is 2.00. The molecule has 0 radical (unpaired) electrons. The molecule has 92 valence electrons. The molecule has 0 amide bonds. The number of aliphatic hydroxyl groups excluding tert-OH is 1. The number of hydrogen-bond acceptors (Lipinski definition) is 2. The highest BCUT2D eigenvalue weighted by molar-refractivity contribution is 5.35. The van der Waals surface area contributed by atoms with Gasteiger partial charge in [0.1, 0.15) is 6.10 Å². The summed E-state index contributed by atoms with van der Waals surface area (Å²) >= 11 is 0. The SMILES string of the molecule is CC1CC(OC2CCC2)C(O)c2ccccc21. The van der Waals surface area contributed by atoms with Gasteiger partial charge in [-0.3, -0.25) is 0 Å². The number of rotatable bonds is 2. The molecule has 2 nitrogen and oxygen atoms in total. The fraction of sp³-hybridized carbons (Fsp3) is 0.600. The van der Waals surface area contributed by atoms with Crippen molar-refractivity contribution < 1.29 is 9.84 Å². The van der Waals surface area contributed by atoms with Gasteiger partial charge in [-0.15, -0.1) is 0 Å². The van der Waals surface area contributed by atoms with E-state index in [1.165, 1.54) is 24.8 Å². The Morgan fingerprint density at radius 1 is 1.18 bits per heavy atom. The van der Waals surface area contributed by atoms with Crippen molar-refractivity contribution in [2.45, 2.75) is 56.8 Å². The lowest BCUT2D eigenvalue weighted by molar-refractivity contribution is -0.112. The Morgan fingerprint density at radius 3 is 2.53 bits per heavy atom. The predicted octanol–water partition coefficient (Wildman–Crippen LogP) is 3.16. The molecule has 2 aliphatic rings. The van der Waals surface area contributed by atoms with Crippen LogP contribution in [0.25, 0.3) is 0 Å². The quantitative estimate of drug-likeness (QED) is 0.848. The second-order valence-electron chi connectivity index (χ2n) is 5.44. The fourth-order valence-electron chi connectivity index (χ4n) is 2.92. The first-order valence-electron chi connectivity index (χ1n) is 6.68. The molecule has 2 heteroatoms. The number of aliphatic hydroxyl groups is 1. The van der Waals surface area contributed by atoms with Crippen LogP contribution < -0.4 is 0 Å². The molecule has 0 heterocycles. The molecule has 3 unspecified atom stereocenters. The van der Waals surface area contributed by atoms with Crippen LogP contribution in [0, 0.1) is 0 Å². The molecule has 0 aliphatic heterocycles. The van der Waals surface area contributed by atoms with E-state index in [-0.39, 0.29) is 6.10 Å². The zero-order chi connectivity index (χ0) is 11.8. The van der Waals surface area contributed by atoms with E-state index in [9.17, 15) is 5.11 Å². The Balaban J connectivity index is 1.81. The number of hydrogen-bond donors (Lipinski definition) is 1. The Labute approximate surface area is 103 Å². The molecule has 1 aromatic rings. The topological polar surface area (TPSA) is 29.5 Å². The fourth-order valence-corrected chi connectivity index (χ4v) is 2.92. The summed E-state index contributed by atoms with van der Waals surface area (Å²) in [6.07, 6.45) is 4.49. The van der Waals surface area contributed by atoms with Crippen LogP contribution in [0.4, 0.5) is 0 Å². The van der Waals surface area contributed by atoms with E-state index < -0.39 is 6.10 Å². The summed E-state index contributed by atoms with van der Waals surface area (Å²) in [5.41, 5.74) is 2.35. The van der Waals surface area contributed by atoms with Gasteiger partial charge in [0, 0.05) is 0 Å². The van der Waals surface area contributed by atoms with E-state index in [2.05, 4.69) is 19.1 Å². The van der Waals surface area contributed by atoms with Gasteiger partial charge < -0.3 is 9.84 Å². The first kappa shape index (κ1) is 11.2. The average Bonchev–Trinajstić information content (AvgIpc) is 2.30.